The van der Waals surface area contributed by atoms with Gasteiger partial charge in [-0.15, -0.1) is 0 Å². The van der Waals surface area contributed by atoms with Crippen molar-refractivity contribution in [3.63, 3.8) is 0 Å². The molecule has 1 heteroatoms. The Kier molecular flexibility index (Phi) is 3.21. The summed E-state index contributed by atoms with van der Waals surface area (Å²) in [6.45, 7) is 5.20. The Morgan fingerprint density at radius 1 is 1.31 bits per heavy atom. The second-order valence-corrected chi connectivity index (χ2v) is 2.78. The number of rotatable bonds is 3. The Bertz CT molecular complexity index is 333. The number of carbonyl (C=O) groups excluding carboxylic acids is 1. The standard InChI is InChI=1S/C12H12O/c1-3-11(9-10(2)13)12-7-5-4-6-8-12/h3-9H,1H2,2H3/b11-9-. The highest BCUT2D eigenvalue weighted by molar-refractivity contribution is 5.97. The van der Waals surface area contributed by atoms with E-state index < -0.39 is 0 Å². The van der Waals surface area contributed by atoms with E-state index in [9.17, 15) is 4.79 Å². The molecule has 0 aromatic heterocycles. The Morgan fingerprint density at radius 2 is 1.92 bits per heavy atom. The van der Waals surface area contributed by atoms with E-state index >= 15 is 0 Å². The van der Waals surface area contributed by atoms with Gasteiger partial charge in [0.1, 0.15) is 0 Å². The molecule has 0 aliphatic heterocycles. The van der Waals surface area contributed by atoms with Gasteiger partial charge in [-0.3, -0.25) is 4.79 Å². The first kappa shape index (κ1) is 9.46. The van der Waals surface area contributed by atoms with Crippen LogP contribution in [0.15, 0.2) is 49.1 Å². The van der Waals surface area contributed by atoms with Gasteiger partial charge in [0.15, 0.2) is 5.78 Å². The summed E-state index contributed by atoms with van der Waals surface area (Å²) < 4.78 is 0. The van der Waals surface area contributed by atoms with Crippen molar-refractivity contribution in [2.75, 3.05) is 0 Å². The van der Waals surface area contributed by atoms with Crippen LogP contribution in [0.5, 0.6) is 0 Å². The van der Waals surface area contributed by atoms with Crippen molar-refractivity contribution in [2.24, 2.45) is 0 Å². The molecule has 0 aliphatic carbocycles. The van der Waals surface area contributed by atoms with Gasteiger partial charge >= 0.3 is 0 Å². The molecule has 0 N–H and O–H groups in total. The number of hydrogen-bond acceptors (Lipinski definition) is 1. The van der Waals surface area contributed by atoms with E-state index in [2.05, 4.69) is 6.58 Å². The molecule has 0 radical (unpaired) electrons. The predicted octanol–water partition coefficient (Wildman–Crippen LogP) is 2.85. The zero-order valence-corrected chi connectivity index (χ0v) is 7.66. The normalized spacial score (nSPS) is 11.0. The van der Waals surface area contributed by atoms with Crippen molar-refractivity contribution < 1.29 is 4.79 Å². The van der Waals surface area contributed by atoms with E-state index in [1.807, 2.05) is 30.3 Å². The Labute approximate surface area is 78.4 Å². The van der Waals surface area contributed by atoms with E-state index in [1.165, 1.54) is 6.92 Å². The average molecular weight is 172 g/mol. The van der Waals surface area contributed by atoms with Crippen LogP contribution >= 0.6 is 0 Å². The summed E-state index contributed by atoms with van der Waals surface area (Å²) in [5.41, 5.74) is 1.89. The minimum atomic E-state index is 0.0405. The topological polar surface area (TPSA) is 17.1 Å². The summed E-state index contributed by atoms with van der Waals surface area (Å²) in [7, 11) is 0. The van der Waals surface area contributed by atoms with Gasteiger partial charge in [-0.25, -0.2) is 0 Å². The summed E-state index contributed by atoms with van der Waals surface area (Å²) in [4.78, 5) is 10.9. The van der Waals surface area contributed by atoms with Crippen LogP contribution in [0.1, 0.15) is 12.5 Å². The van der Waals surface area contributed by atoms with Crippen LogP contribution in [-0.4, -0.2) is 5.78 Å². The third kappa shape index (κ3) is 2.71. The van der Waals surface area contributed by atoms with Gasteiger partial charge in [-0.2, -0.15) is 0 Å². The van der Waals surface area contributed by atoms with Gasteiger partial charge < -0.3 is 0 Å². The van der Waals surface area contributed by atoms with Gasteiger partial charge in [0, 0.05) is 0 Å². The van der Waals surface area contributed by atoms with Crippen LogP contribution in [0, 0.1) is 0 Å². The van der Waals surface area contributed by atoms with Gasteiger partial charge in [0.2, 0.25) is 0 Å². The molecule has 66 valence electrons. The van der Waals surface area contributed by atoms with Crippen molar-refractivity contribution in [3.8, 4) is 0 Å². The largest absolute Gasteiger partial charge is 0.295 e. The molecule has 1 nitrogen and oxygen atoms in total. The molecule has 0 atom stereocenters. The van der Waals surface area contributed by atoms with Gasteiger partial charge in [-0.05, 0) is 24.1 Å². The van der Waals surface area contributed by atoms with E-state index in [4.69, 9.17) is 0 Å². The summed E-state index contributed by atoms with van der Waals surface area (Å²) in [5, 5.41) is 0. The molecule has 0 amide bonds. The lowest BCUT2D eigenvalue weighted by Gasteiger charge is -1.99. The highest BCUT2D eigenvalue weighted by atomic mass is 16.1. The second-order valence-electron chi connectivity index (χ2n) is 2.78. The van der Waals surface area contributed by atoms with E-state index in [1.54, 1.807) is 12.2 Å². The number of carbonyl (C=O) groups is 1. The van der Waals surface area contributed by atoms with Crippen molar-refractivity contribution in [1.82, 2.24) is 0 Å². The highest BCUT2D eigenvalue weighted by Gasteiger charge is 1.96. The number of benzene rings is 1. The fourth-order valence-corrected chi connectivity index (χ4v) is 1.11. The van der Waals surface area contributed by atoms with E-state index in [0.717, 1.165) is 11.1 Å². The molecule has 0 heterocycles. The quantitative estimate of drug-likeness (QED) is 0.506. The summed E-state index contributed by atoms with van der Waals surface area (Å²) in [5.74, 6) is 0.0405. The monoisotopic (exact) mass is 172 g/mol. The minimum Gasteiger partial charge on any atom is -0.295 e. The maximum atomic E-state index is 10.9. The van der Waals surface area contributed by atoms with E-state index in [-0.39, 0.29) is 5.78 Å². The zero-order valence-electron chi connectivity index (χ0n) is 7.66. The Morgan fingerprint density at radius 3 is 2.38 bits per heavy atom. The Balaban J connectivity index is 3.05. The molecule has 0 unspecified atom stereocenters. The van der Waals surface area contributed by atoms with Crippen molar-refractivity contribution in [2.45, 2.75) is 6.92 Å². The smallest absolute Gasteiger partial charge is 0.153 e. The number of hydrogen-bond donors (Lipinski definition) is 0. The van der Waals surface area contributed by atoms with Crippen LogP contribution in [-0.2, 0) is 4.79 Å². The molecule has 1 rings (SSSR count). The molecule has 1 aromatic rings. The Hall–Kier alpha value is -1.63. The molecule has 0 fully saturated rings. The van der Waals surface area contributed by atoms with Crippen LogP contribution in [0.3, 0.4) is 0 Å². The molecule has 13 heavy (non-hydrogen) atoms. The first-order chi connectivity index (χ1) is 6.24. The van der Waals surface area contributed by atoms with Crippen LogP contribution in [0.25, 0.3) is 5.57 Å². The lowest BCUT2D eigenvalue weighted by molar-refractivity contribution is -0.112. The molecule has 0 bridgehead atoms. The van der Waals surface area contributed by atoms with Gasteiger partial charge in [0.25, 0.3) is 0 Å². The van der Waals surface area contributed by atoms with Crippen LogP contribution < -0.4 is 0 Å². The van der Waals surface area contributed by atoms with Crippen molar-refractivity contribution in [3.05, 3.63) is 54.6 Å². The van der Waals surface area contributed by atoms with Crippen molar-refractivity contribution in [1.29, 1.82) is 0 Å². The first-order valence-corrected chi connectivity index (χ1v) is 4.14. The number of ketones is 1. The lowest BCUT2D eigenvalue weighted by Crippen LogP contribution is -1.86. The third-order valence-corrected chi connectivity index (χ3v) is 1.69. The molecule has 0 aliphatic rings. The highest BCUT2D eigenvalue weighted by Crippen LogP contribution is 2.14. The SMILES string of the molecule is C=C/C(=C/C(C)=O)c1ccccc1. The van der Waals surface area contributed by atoms with Gasteiger partial charge in [0.05, 0.1) is 0 Å². The summed E-state index contributed by atoms with van der Waals surface area (Å²) in [6, 6.07) is 9.73. The molecule has 0 saturated carbocycles. The average Bonchev–Trinajstić information content (AvgIpc) is 2.15. The molecule has 0 spiro atoms. The first-order valence-electron chi connectivity index (χ1n) is 4.14. The molecular weight excluding hydrogens is 160 g/mol. The maximum absolute atomic E-state index is 10.9. The molecule has 0 saturated heterocycles. The summed E-state index contributed by atoms with van der Waals surface area (Å²) in [6.07, 6.45) is 3.28. The summed E-state index contributed by atoms with van der Waals surface area (Å²) >= 11 is 0. The second kappa shape index (κ2) is 4.41. The predicted molar refractivity (Wildman–Crippen MR) is 55.3 cm³/mol. The zero-order chi connectivity index (χ0) is 9.68. The lowest BCUT2D eigenvalue weighted by atomic mass is 10.1. The van der Waals surface area contributed by atoms with Crippen molar-refractivity contribution >= 4 is 11.4 Å². The fourth-order valence-electron chi connectivity index (χ4n) is 1.11. The maximum Gasteiger partial charge on any atom is 0.153 e. The fraction of sp³-hybridized carbons (Fsp3) is 0.0833. The van der Waals surface area contributed by atoms with E-state index in [0.29, 0.717) is 0 Å². The minimum absolute atomic E-state index is 0.0405. The van der Waals surface area contributed by atoms with Crippen LogP contribution in [0.2, 0.25) is 0 Å². The molecule has 1 aromatic carbocycles. The number of allylic oxidation sites excluding steroid dienone is 3. The third-order valence-electron chi connectivity index (χ3n) is 1.69. The van der Waals surface area contributed by atoms with Crippen LogP contribution in [0.4, 0.5) is 0 Å². The van der Waals surface area contributed by atoms with Gasteiger partial charge in [-0.1, -0.05) is 43.0 Å². The molecular formula is C12H12O.